The van der Waals surface area contributed by atoms with E-state index in [-0.39, 0.29) is 16.9 Å². The van der Waals surface area contributed by atoms with E-state index in [9.17, 15) is 9.59 Å². The molecule has 0 unspecified atom stereocenters. The maximum Gasteiger partial charge on any atom is 0.336 e. The number of benzene rings is 2. The van der Waals surface area contributed by atoms with Crippen LogP contribution in [0.25, 0.3) is 17.0 Å². The van der Waals surface area contributed by atoms with Gasteiger partial charge < -0.3 is 13.9 Å². The number of carbonyl (C=O) groups excluding carboxylic acids is 1. The lowest BCUT2D eigenvalue weighted by Gasteiger charge is -2.11. The lowest BCUT2D eigenvalue weighted by atomic mass is 10.0. The van der Waals surface area contributed by atoms with Crippen molar-refractivity contribution in [3.05, 3.63) is 75.7 Å². The van der Waals surface area contributed by atoms with Gasteiger partial charge in [-0.15, -0.1) is 0 Å². The Hall–Kier alpha value is -3.34. The molecule has 5 heteroatoms. The highest BCUT2D eigenvalue weighted by molar-refractivity contribution is 6.15. The van der Waals surface area contributed by atoms with E-state index in [1.165, 1.54) is 12.1 Å². The topological polar surface area (TPSA) is 65.7 Å². The first-order valence-corrected chi connectivity index (χ1v) is 8.60. The molecule has 1 heterocycles. The van der Waals surface area contributed by atoms with Crippen LogP contribution in [0.3, 0.4) is 0 Å². The SMILES string of the molecule is CCOc1ccc2c(C)cc(=O)oc2c1C(=O)/C=C/c1ccc(OC)cc1. The normalized spacial score (nSPS) is 11.1. The Morgan fingerprint density at radius 1 is 1.15 bits per heavy atom. The Morgan fingerprint density at radius 2 is 1.89 bits per heavy atom. The molecule has 0 bridgehead atoms. The van der Waals surface area contributed by atoms with Gasteiger partial charge in [-0.1, -0.05) is 18.2 Å². The smallest absolute Gasteiger partial charge is 0.336 e. The van der Waals surface area contributed by atoms with Crippen molar-refractivity contribution in [1.29, 1.82) is 0 Å². The van der Waals surface area contributed by atoms with Gasteiger partial charge in [0.25, 0.3) is 0 Å². The molecule has 0 saturated carbocycles. The molecule has 3 aromatic rings. The van der Waals surface area contributed by atoms with Gasteiger partial charge >= 0.3 is 5.63 Å². The predicted molar refractivity (Wildman–Crippen MR) is 105 cm³/mol. The van der Waals surface area contributed by atoms with Gasteiger partial charge in [0, 0.05) is 11.5 Å². The van der Waals surface area contributed by atoms with Crippen LogP contribution in [0.4, 0.5) is 0 Å². The molecular weight excluding hydrogens is 344 g/mol. The number of hydrogen-bond donors (Lipinski definition) is 0. The van der Waals surface area contributed by atoms with Crippen LogP contribution in [0.15, 0.2) is 57.8 Å². The third-order valence-corrected chi connectivity index (χ3v) is 4.17. The monoisotopic (exact) mass is 364 g/mol. The highest BCUT2D eigenvalue weighted by atomic mass is 16.5. The van der Waals surface area contributed by atoms with Crippen molar-refractivity contribution in [2.24, 2.45) is 0 Å². The van der Waals surface area contributed by atoms with Gasteiger partial charge in [0.05, 0.1) is 13.7 Å². The van der Waals surface area contributed by atoms with Gasteiger partial charge in [0.2, 0.25) is 0 Å². The number of methoxy groups -OCH3 is 1. The van der Waals surface area contributed by atoms with Gasteiger partial charge in [-0.05, 0) is 55.3 Å². The van der Waals surface area contributed by atoms with E-state index in [1.807, 2.05) is 31.2 Å². The van der Waals surface area contributed by atoms with E-state index in [4.69, 9.17) is 13.9 Å². The van der Waals surface area contributed by atoms with Crippen LogP contribution < -0.4 is 15.1 Å². The number of fused-ring (bicyclic) bond motifs is 1. The summed E-state index contributed by atoms with van der Waals surface area (Å²) in [5.74, 6) is 0.833. The number of rotatable bonds is 6. The van der Waals surface area contributed by atoms with Crippen LogP contribution in [-0.2, 0) is 0 Å². The maximum absolute atomic E-state index is 12.9. The van der Waals surface area contributed by atoms with Gasteiger partial charge in [-0.3, -0.25) is 4.79 Å². The first kappa shape index (κ1) is 18.5. The van der Waals surface area contributed by atoms with Crippen molar-refractivity contribution < 1.29 is 18.7 Å². The molecule has 2 aromatic carbocycles. The fourth-order valence-electron chi connectivity index (χ4n) is 2.85. The van der Waals surface area contributed by atoms with Gasteiger partial charge in [0.1, 0.15) is 17.1 Å². The zero-order valence-corrected chi connectivity index (χ0v) is 15.4. The highest BCUT2D eigenvalue weighted by Crippen LogP contribution is 2.30. The lowest BCUT2D eigenvalue weighted by molar-refractivity contribution is 0.104. The number of allylic oxidation sites excluding steroid dienone is 1. The Kier molecular flexibility index (Phi) is 5.41. The minimum absolute atomic E-state index is 0.246. The Balaban J connectivity index is 2.07. The zero-order valence-electron chi connectivity index (χ0n) is 15.4. The molecular formula is C22H20O5. The first-order valence-electron chi connectivity index (χ1n) is 8.60. The van der Waals surface area contributed by atoms with E-state index in [0.717, 1.165) is 16.9 Å². The molecule has 0 fully saturated rings. The molecule has 0 saturated heterocycles. The molecule has 0 N–H and O–H groups in total. The maximum atomic E-state index is 12.9. The van der Waals surface area contributed by atoms with E-state index in [1.54, 1.807) is 32.2 Å². The largest absolute Gasteiger partial charge is 0.497 e. The number of ketones is 1. The summed E-state index contributed by atoms with van der Waals surface area (Å²) >= 11 is 0. The van der Waals surface area contributed by atoms with Gasteiger partial charge in [-0.25, -0.2) is 4.79 Å². The fraction of sp³-hybridized carbons (Fsp3) is 0.182. The Morgan fingerprint density at radius 3 is 2.56 bits per heavy atom. The second-order valence-electron chi connectivity index (χ2n) is 5.97. The van der Waals surface area contributed by atoms with E-state index < -0.39 is 5.63 Å². The van der Waals surface area contributed by atoms with Crippen LogP contribution in [0.2, 0.25) is 0 Å². The summed E-state index contributed by atoms with van der Waals surface area (Å²) in [6, 6.07) is 12.3. The predicted octanol–water partition coefficient (Wildman–Crippen LogP) is 4.40. The van der Waals surface area contributed by atoms with Crippen molar-refractivity contribution in [3.63, 3.8) is 0 Å². The molecule has 0 radical (unpaired) electrons. The van der Waals surface area contributed by atoms with Crippen LogP contribution in [0.5, 0.6) is 11.5 Å². The summed E-state index contributed by atoms with van der Waals surface area (Å²) < 4.78 is 16.1. The molecule has 3 rings (SSSR count). The Bertz CT molecular complexity index is 1060. The summed E-state index contributed by atoms with van der Waals surface area (Å²) in [6.45, 7) is 4.03. The molecule has 0 spiro atoms. The summed E-state index contributed by atoms with van der Waals surface area (Å²) in [4.78, 5) is 24.8. The second kappa shape index (κ2) is 7.91. The molecule has 5 nitrogen and oxygen atoms in total. The van der Waals surface area contributed by atoms with Crippen molar-refractivity contribution in [2.75, 3.05) is 13.7 Å². The van der Waals surface area contributed by atoms with Crippen LogP contribution in [0.1, 0.15) is 28.4 Å². The molecule has 0 atom stereocenters. The summed E-state index contributed by atoms with van der Waals surface area (Å²) in [6.07, 6.45) is 3.14. The van der Waals surface area contributed by atoms with Crippen molar-refractivity contribution in [2.45, 2.75) is 13.8 Å². The van der Waals surface area contributed by atoms with E-state index in [0.29, 0.717) is 17.7 Å². The summed E-state index contributed by atoms with van der Waals surface area (Å²) in [7, 11) is 1.60. The number of aryl methyl sites for hydroxylation is 1. The standard InChI is InChI=1S/C22H20O5/c1-4-26-19-12-10-17-14(2)13-20(24)27-22(17)21(19)18(23)11-7-15-5-8-16(25-3)9-6-15/h5-13H,4H2,1-3H3/b11-7+. The summed E-state index contributed by atoms with van der Waals surface area (Å²) in [5.41, 5.74) is 1.59. The van der Waals surface area contributed by atoms with Crippen LogP contribution >= 0.6 is 0 Å². The van der Waals surface area contributed by atoms with Crippen LogP contribution in [-0.4, -0.2) is 19.5 Å². The third-order valence-electron chi connectivity index (χ3n) is 4.17. The molecule has 138 valence electrons. The quantitative estimate of drug-likeness (QED) is 0.368. The van der Waals surface area contributed by atoms with E-state index in [2.05, 4.69) is 0 Å². The number of hydrogen-bond acceptors (Lipinski definition) is 5. The van der Waals surface area contributed by atoms with Crippen molar-refractivity contribution >= 4 is 22.8 Å². The molecule has 0 amide bonds. The minimum atomic E-state index is -0.498. The minimum Gasteiger partial charge on any atom is -0.497 e. The number of carbonyl (C=O) groups is 1. The lowest BCUT2D eigenvalue weighted by Crippen LogP contribution is -2.06. The molecule has 0 aliphatic heterocycles. The summed E-state index contributed by atoms with van der Waals surface area (Å²) in [5, 5.41) is 0.708. The molecule has 0 aliphatic carbocycles. The number of ether oxygens (including phenoxy) is 2. The van der Waals surface area contributed by atoms with Gasteiger partial charge in [0.15, 0.2) is 11.4 Å². The molecule has 27 heavy (non-hydrogen) atoms. The Labute approximate surface area is 156 Å². The zero-order chi connectivity index (χ0) is 19.4. The molecule has 1 aromatic heterocycles. The third kappa shape index (κ3) is 3.92. The van der Waals surface area contributed by atoms with Crippen LogP contribution in [0, 0.1) is 6.92 Å². The van der Waals surface area contributed by atoms with Gasteiger partial charge in [-0.2, -0.15) is 0 Å². The van der Waals surface area contributed by atoms with E-state index >= 15 is 0 Å². The average Bonchev–Trinajstić information content (AvgIpc) is 2.66. The first-order chi connectivity index (χ1) is 13.0. The van der Waals surface area contributed by atoms with Crippen molar-refractivity contribution in [3.8, 4) is 11.5 Å². The van der Waals surface area contributed by atoms with Crippen molar-refractivity contribution in [1.82, 2.24) is 0 Å². The molecule has 0 aliphatic rings. The second-order valence-corrected chi connectivity index (χ2v) is 5.97. The average molecular weight is 364 g/mol. The highest BCUT2D eigenvalue weighted by Gasteiger charge is 2.18. The fourth-order valence-corrected chi connectivity index (χ4v) is 2.85.